The Labute approximate surface area is 119 Å². The van der Waals surface area contributed by atoms with Gasteiger partial charge in [0.2, 0.25) is 0 Å². The van der Waals surface area contributed by atoms with Gasteiger partial charge in [-0.3, -0.25) is 15.0 Å². The summed E-state index contributed by atoms with van der Waals surface area (Å²) in [6.45, 7) is 6.22. The predicted octanol–water partition coefficient (Wildman–Crippen LogP) is 2.19. The second kappa shape index (κ2) is 7.21. The van der Waals surface area contributed by atoms with Crippen molar-refractivity contribution in [1.29, 1.82) is 0 Å². The Morgan fingerprint density at radius 2 is 2.05 bits per heavy atom. The average molecular weight is 282 g/mol. The Kier molecular flexibility index (Phi) is 5.91. The molecule has 0 amide bonds. The molecule has 0 aromatic heterocycles. The van der Waals surface area contributed by atoms with E-state index in [1.807, 2.05) is 32.7 Å². The van der Waals surface area contributed by atoms with Gasteiger partial charge in [-0.1, -0.05) is 0 Å². The molecular weight excluding hydrogens is 260 g/mol. The van der Waals surface area contributed by atoms with Crippen LogP contribution >= 0.6 is 0 Å². The highest BCUT2D eigenvalue weighted by atomic mass is 16.6. The van der Waals surface area contributed by atoms with E-state index in [9.17, 15) is 10.1 Å². The van der Waals surface area contributed by atoms with E-state index >= 15 is 0 Å². The molecule has 0 aliphatic carbocycles. The van der Waals surface area contributed by atoms with E-state index in [-0.39, 0.29) is 24.4 Å². The third-order valence-electron chi connectivity index (χ3n) is 3.05. The fourth-order valence-corrected chi connectivity index (χ4v) is 1.74. The van der Waals surface area contributed by atoms with Crippen molar-refractivity contribution in [3.63, 3.8) is 0 Å². The van der Waals surface area contributed by atoms with Gasteiger partial charge >= 0.3 is 0 Å². The molecule has 0 saturated heterocycles. The SMILES string of the molecule is CC(C)Oc1ccc([N+](=O)[O-])cc1CN(C)C(C)CO. The topological polar surface area (TPSA) is 75.8 Å². The normalized spacial score (nSPS) is 12.8. The fourth-order valence-electron chi connectivity index (χ4n) is 1.74. The van der Waals surface area contributed by atoms with Crippen LogP contribution in [0.1, 0.15) is 26.3 Å². The number of ether oxygens (including phenoxy) is 1. The summed E-state index contributed by atoms with van der Waals surface area (Å²) in [6.07, 6.45) is -0.00391. The summed E-state index contributed by atoms with van der Waals surface area (Å²) in [7, 11) is 1.86. The van der Waals surface area contributed by atoms with Crippen LogP contribution < -0.4 is 4.74 Å². The Balaban J connectivity index is 3.04. The molecule has 0 aliphatic rings. The average Bonchev–Trinajstić information content (AvgIpc) is 2.38. The molecular formula is C14H22N2O4. The zero-order chi connectivity index (χ0) is 15.3. The van der Waals surface area contributed by atoms with Crippen LogP contribution in [-0.4, -0.2) is 40.7 Å². The maximum Gasteiger partial charge on any atom is 0.270 e. The van der Waals surface area contributed by atoms with Crippen molar-refractivity contribution in [2.75, 3.05) is 13.7 Å². The van der Waals surface area contributed by atoms with Crippen LogP contribution in [0.3, 0.4) is 0 Å². The largest absolute Gasteiger partial charge is 0.491 e. The van der Waals surface area contributed by atoms with Crippen molar-refractivity contribution in [2.24, 2.45) is 0 Å². The highest BCUT2D eigenvalue weighted by Crippen LogP contribution is 2.26. The second-order valence-corrected chi connectivity index (χ2v) is 5.16. The minimum absolute atomic E-state index is 0.00391. The first-order valence-electron chi connectivity index (χ1n) is 6.60. The van der Waals surface area contributed by atoms with Crippen LogP contribution in [0.2, 0.25) is 0 Å². The molecule has 1 rings (SSSR count). The van der Waals surface area contributed by atoms with E-state index in [0.29, 0.717) is 12.3 Å². The lowest BCUT2D eigenvalue weighted by atomic mass is 10.1. The molecule has 0 heterocycles. The quantitative estimate of drug-likeness (QED) is 0.613. The number of likely N-dealkylation sites (N-methyl/N-ethyl adjacent to an activating group) is 1. The van der Waals surface area contributed by atoms with E-state index in [4.69, 9.17) is 9.84 Å². The molecule has 1 N–H and O–H groups in total. The molecule has 0 radical (unpaired) electrons. The van der Waals surface area contributed by atoms with Crippen molar-refractivity contribution < 1.29 is 14.8 Å². The minimum atomic E-state index is -0.419. The van der Waals surface area contributed by atoms with Crippen LogP contribution in [0.4, 0.5) is 5.69 Å². The maximum atomic E-state index is 10.9. The highest BCUT2D eigenvalue weighted by molar-refractivity contribution is 5.44. The third-order valence-corrected chi connectivity index (χ3v) is 3.05. The Morgan fingerprint density at radius 3 is 2.55 bits per heavy atom. The molecule has 1 atom stereocenters. The summed E-state index contributed by atoms with van der Waals surface area (Å²) in [5, 5.41) is 20.0. The van der Waals surface area contributed by atoms with Gasteiger partial charge in [0, 0.05) is 30.3 Å². The summed E-state index contributed by atoms with van der Waals surface area (Å²) < 4.78 is 5.68. The van der Waals surface area contributed by atoms with Crippen molar-refractivity contribution in [3.05, 3.63) is 33.9 Å². The van der Waals surface area contributed by atoms with Crippen molar-refractivity contribution in [2.45, 2.75) is 39.5 Å². The zero-order valence-electron chi connectivity index (χ0n) is 12.4. The van der Waals surface area contributed by atoms with E-state index in [0.717, 1.165) is 5.56 Å². The van der Waals surface area contributed by atoms with Gasteiger partial charge in [-0.25, -0.2) is 0 Å². The first-order chi connectivity index (χ1) is 9.35. The minimum Gasteiger partial charge on any atom is -0.491 e. The number of aliphatic hydroxyl groups excluding tert-OH is 1. The second-order valence-electron chi connectivity index (χ2n) is 5.16. The monoisotopic (exact) mass is 282 g/mol. The van der Waals surface area contributed by atoms with E-state index in [1.165, 1.54) is 12.1 Å². The summed E-state index contributed by atoms with van der Waals surface area (Å²) in [6, 6.07) is 4.57. The molecule has 0 saturated carbocycles. The standard InChI is InChI=1S/C14H22N2O4/c1-10(2)20-14-6-5-13(16(18)19)7-12(14)8-15(4)11(3)9-17/h5-7,10-11,17H,8-9H2,1-4H3. The number of non-ortho nitro benzene ring substituents is 1. The first-order valence-corrected chi connectivity index (χ1v) is 6.60. The molecule has 1 aromatic carbocycles. The van der Waals surface area contributed by atoms with Gasteiger partial charge in [-0.05, 0) is 33.9 Å². The lowest BCUT2D eigenvalue weighted by Gasteiger charge is -2.24. The molecule has 112 valence electrons. The summed E-state index contributed by atoms with van der Waals surface area (Å²) >= 11 is 0. The number of aliphatic hydroxyl groups is 1. The number of hydrogen-bond acceptors (Lipinski definition) is 5. The number of rotatable bonds is 7. The van der Waals surface area contributed by atoms with E-state index in [1.54, 1.807) is 6.07 Å². The third kappa shape index (κ3) is 4.47. The summed E-state index contributed by atoms with van der Waals surface area (Å²) in [4.78, 5) is 12.4. The van der Waals surface area contributed by atoms with Crippen molar-refractivity contribution >= 4 is 5.69 Å². The Hall–Kier alpha value is -1.66. The van der Waals surface area contributed by atoms with Gasteiger partial charge in [0.1, 0.15) is 5.75 Å². The van der Waals surface area contributed by atoms with Gasteiger partial charge in [-0.15, -0.1) is 0 Å². The van der Waals surface area contributed by atoms with Gasteiger partial charge < -0.3 is 9.84 Å². The van der Waals surface area contributed by atoms with Gasteiger partial charge in [0.15, 0.2) is 0 Å². The van der Waals surface area contributed by atoms with Crippen LogP contribution in [0.25, 0.3) is 0 Å². The lowest BCUT2D eigenvalue weighted by Crippen LogP contribution is -2.31. The smallest absolute Gasteiger partial charge is 0.270 e. The Morgan fingerprint density at radius 1 is 1.40 bits per heavy atom. The number of nitro benzene ring substituents is 1. The molecule has 1 aromatic rings. The molecule has 0 aliphatic heterocycles. The molecule has 0 bridgehead atoms. The molecule has 1 unspecified atom stereocenters. The molecule has 20 heavy (non-hydrogen) atoms. The van der Waals surface area contributed by atoms with Crippen LogP contribution in [-0.2, 0) is 6.54 Å². The zero-order valence-corrected chi connectivity index (χ0v) is 12.4. The maximum absolute atomic E-state index is 10.9. The fraction of sp³-hybridized carbons (Fsp3) is 0.571. The highest BCUT2D eigenvalue weighted by Gasteiger charge is 2.16. The van der Waals surface area contributed by atoms with E-state index < -0.39 is 4.92 Å². The summed E-state index contributed by atoms with van der Waals surface area (Å²) in [5.41, 5.74) is 0.789. The van der Waals surface area contributed by atoms with Crippen molar-refractivity contribution in [3.8, 4) is 5.75 Å². The number of benzene rings is 1. The first kappa shape index (κ1) is 16.4. The van der Waals surface area contributed by atoms with Crippen LogP contribution in [0.5, 0.6) is 5.75 Å². The lowest BCUT2D eigenvalue weighted by molar-refractivity contribution is -0.385. The van der Waals surface area contributed by atoms with Crippen LogP contribution in [0, 0.1) is 10.1 Å². The molecule has 6 nitrogen and oxygen atoms in total. The molecule has 6 heteroatoms. The van der Waals surface area contributed by atoms with E-state index in [2.05, 4.69) is 0 Å². The summed E-state index contributed by atoms with van der Waals surface area (Å²) in [5.74, 6) is 0.641. The molecule has 0 fully saturated rings. The van der Waals surface area contributed by atoms with Gasteiger partial charge in [0.05, 0.1) is 17.6 Å². The number of nitro groups is 1. The molecule has 0 spiro atoms. The number of nitrogens with zero attached hydrogens (tertiary/aromatic N) is 2. The van der Waals surface area contributed by atoms with Gasteiger partial charge in [-0.2, -0.15) is 0 Å². The predicted molar refractivity (Wildman–Crippen MR) is 76.9 cm³/mol. The number of hydrogen-bond donors (Lipinski definition) is 1. The van der Waals surface area contributed by atoms with Gasteiger partial charge in [0.25, 0.3) is 5.69 Å². The van der Waals surface area contributed by atoms with Crippen molar-refractivity contribution in [1.82, 2.24) is 4.90 Å². The Bertz CT molecular complexity index is 462. The van der Waals surface area contributed by atoms with Crippen LogP contribution in [0.15, 0.2) is 18.2 Å².